The van der Waals surface area contributed by atoms with Gasteiger partial charge in [0.15, 0.2) is 0 Å². The molecule has 2 aromatic rings. The lowest BCUT2D eigenvalue weighted by Crippen LogP contribution is -1.88. The van der Waals surface area contributed by atoms with Crippen molar-refractivity contribution in [1.82, 2.24) is 4.98 Å². The van der Waals surface area contributed by atoms with Crippen molar-refractivity contribution >= 4 is 10.9 Å². The summed E-state index contributed by atoms with van der Waals surface area (Å²) in [6.45, 7) is 10.9. The van der Waals surface area contributed by atoms with Crippen LogP contribution >= 0.6 is 0 Å². The highest BCUT2D eigenvalue weighted by Gasteiger charge is 2.08. The molecule has 2 rings (SSSR count). The van der Waals surface area contributed by atoms with E-state index in [1.165, 1.54) is 0 Å². The molecule has 2 nitrogen and oxygen atoms in total. The van der Waals surface area contributed by atoms with Crippen LogP contribution in [0.3, 0.4) is 0 Å². The minimum atomic E-state index is -0.0734. The van der Waals surface area contributed by atoms with Crippen LogP contribution in [0.1, 0.15) is 24.2 Å². The molecule has 1 unspecified atom stereocenters. The van der Waals surface area contributed by atoms with E-state index < -0.39 is 0 Å². The molecular formula is C13H12N2. The van der Waals surface area contributed by atoms with Crippen LogP contribution < -0.4 is 0 Å². The van der Waals surface area contributed by atoms with Gasteiger partial charge in [0, 0.05) is 23.6 Å². The molecule has 1 aromatic heterocycles. The van der Waals surface area contributed by atoms with Gasteiger partial charge in [0.25, 0.3) is 0 Å². The van der Waals surface area contributed by atoms with E-state index in [4.69, 9.17) is 6.57 Å². The van der Waals surface area contributed by atoms with Crippen LogP contribution in [0.15, 0.2) is 30.3 Å². The zero-order chi connectivity index (χ0) is 10.8. The molecule has 0 radical (unpaired) electrons. The number of aryl methyl sites for hydroxylation is 1. The predicted molar refractivity (Wildman–Crippen MR) is 61.5 cm³/mol. The fourth-order valence-corrected chi connectivity index (χ4v) is 1.58. The van der Waals surface area contributed by atoms with E-state index in [1.807, 2.05) is 38.1 Å². The summed E-state index contributed by atoms with van der Waals surface area (Å²) in [5.41, 5.74) is 3.08. The molecule has 0 aliphatic heterocycles. The molecule has 0 saturated carbocycles. The molecule has 0 fully saturated rings. The van der Waals surface area contributed by atoms with Gasteiger partial charge in [0.2, 0.25) is 6.04 Å². The molecular weight excluding hydrogens is 184 g/mol. The Bertz CT molecular complexity index is 538. The highest BCUT2D eigenvalue weighted by molar-refractivity contribution is 5.79. The monoisotopic (exact) mass is 196 g/mol. The second-order valence-electron chi connectivity index (χ2n) is 3.71. The van der Waals surface area contributed by atoms with E-state index in [2.05, 4.69) is 15.9 Å². The lowest BCUT2D eigenvalue weighted by molar-refractivity contribution is 0.964. The third-order valence-electron chi connectivity index (χ3n) is 2.53. The molecule has 0 saturated heterocycles. The molecule has 0 aliphatic rings. The number of aromatic nitrogens is 1. The van der Waals surface area contributed by atoms with Crippen LogP contribution in [-0.4, -0.2) is 4.98 Å². The van der Waals surface area contributed by atoms with Crippen molar-refractivity contribution < 1.29 is 0 Å². The fourth-order valence-electron chi connectivity index (χ4n) is 1.58. The number of nitrogens with zero attached hydrogens (tertiary/aromatic N) is 2. The van der Waals surface area contributed by atoms with E-state index in [0.29, 0.717) is 0 Å². The summed E-state index contributed by atoms with van der Waals surface area (Å²) in [5, 5.41) is 1.11. The summed E-state index contributed by atoms with van der Waals surface area (Å²) in [7, 11) is 0. The molecule has 0 spiro atoms. The summed E-state index contributed by atoms with van der Waals surface area (Å²) >= 11 is 0. The van der Waals surface area contributed by atoms with E-state index in [-0.39, 0.29) is 6.04 Å². The Labute approximate surface area is 89.4 Å². The summed E-state index contributed by atoms with van der Waals surface area (Å²) in [4.78, 5) is 7.94. The first-order valence-electron chi connectivity index (χ1n) is 4.94. The van der Waals surface area contributed by atoms with Crippen molar-refractivity contribution in [3.63, 3.8) is 0 Å². The van der Waals surface area contributed by atoms with Gasteiger partial charge in [-0.1, -0.05) is 6.07 Å². The Balaban J connectivity index is 2.58. The largest absolute Gasteiger partial charge is 0.309 e. The molecule has 15 heavy (non-hydrogen) atoms. The van der Waals surface area contributed by atoms with Crippen molar-refractivity contribution in [2.45, 2.75) is 19.9 Å². The standard InChI is InChI=1S/C13H12N2/c1-9-4-5-12-8-11(10(2)14-3)6-7-13(12)15-9/h4-8,10H,1-2H3. The quantitative estimate of drug-likeness (QED) is 0.638. The Morgan fingerprint density at radius 2 is 2.07 bits per heavy atom. The van der Waals surface area contributed by atoms with Crippen molar-refractivity contribution in [2.75, 3.05) is 0 Å². The van der Waals surface area contributed by atoms with Gasteiger partial charge in [0.1, 0.15) is 0 Å². The van der Waals surface area contributed by atoms with Crippen molar-refractivity contribution in [3.8, 4) is 0 Å². The summed E-state index contributed by atoms with van der Waals surface area (Å²) in [6, 6.07) is 9.99. The summed E-state index contributed by atoms with van der Waals surface area (Å²) < 4.78 is 0. The van der Waals surface area contributed by atoms with E-state index in [0.717, 1.165) is 22.2 Å². The minimum Gasteiger partial charge on any atom is -0.309 e. The topological polar surface area (TPSA) is 17.2 Å². The highest BCUT2D eigenvalue weighted by Crippen LogP contribution is 2.21. The molecule has 1 atom stereocenters. The van der Waals surface area contributed by atoms with E-state index in [1.54, 1.807) is 0 Å². The zero-order valence-electron chi connectivity index (χ0n) is 8.86. The number of rotatable bonds is 1. The van der Waals surface area contributed by atoms with Crippen LogP contribution in [0.25, 0.3) is 15.7 Å². The molecule has 1 aromatic carbocycles. The molecule has 74 valence electrons. The van der Waals surface area contributed by atoms with Crippen LogP contribution in [-0.2, 0) is 0 Å². The maximum absolute atomic E-state index is 7.00. The van der Waals surface area contributed by atoms with Gasteiger partial charge in [-0.15, -0.1) is 0 Å². The van der Waals surface area contributed by atoms with E-state index in [9.17, 15) is 0 Å². The fraction of sp³-hybridized carbons (Fsp3) is 0.231. The highest BCUT2D eigenvalue weighted by atomic mass is 14.7. The maximum Gasteiger partial charge on any atom is 0.246 e. The SMILES string of the molecule is [C-]#[N+]C(C)c1ccc2nc(C)ccc2c1. The number of hydrogen-bond acceptors (Lipinski definition) is 1. The van der Waals surface area contributed by atoms with Gasteiger partial charge < -0.3 is 4.85 Å². The molecule has 1 heterocycles. The number of hydrogen-bond donors (Lipinski definition) is 0. The Hall–Kier alpha value is -1.88. The first-order valence-corrected chi connectivity index (χ1v) is 4.94. The number of pyridine rings is 1. The van der Waals surface area contributed by atoms with Gasteiger partial charge in [-0.25, -0.2) is 6.57 Å². The van der Waals surface area contributed by atoms with Crippen molar-refractivity contribution in [2.24, 2.45) is 0 Å². The molecule has 0 bridgehead atoms. The average Bonchev–Trinajstić information content (AvgIpc) is 2.27. The normalized spacial score (nSPS) is 12.3. The van der Waals surface area contributed by atoms with Gasteiger partial charge in [-0.3, -0.25) is 4.98 Å². The number of fused-ring (bicyclic) bond motifs is 1. The molecule has 0 aliphatic carbocycles. The van der Waals surface area contributed by atoms with Crippen LogP contribution in [0.2, 0.25) is 0 Å². The first-order chi connectivity index (χ1) is 7.20. The Morgan fingerprint density at radius 3 is 2.80 bits per heavy atom. The van der Waals surface area contributed by atoms with Crippen LogP contribution in [0, 0.1) is 13.5 Å². The van der Waals surface area contributed by atoms with Crippen molar-refractivity contribution in [1.29, 1.82) is 0 Å². The van der Waals surface area contributed by atoms with Crippen LogP contribution in [0.4, 0.5) is 0 Å². The van der Waals surface area contributed by atoms with Crippen molar-refractivity contribution in [3.05, 3.63) is 53.0 Å². The Kier molecular flexibility index (Phi) is 2.39. The smallest absolute Gasteiger partial charge is 0.246 e. The van der Waals surface area contributed by atoms with Gasteiger partial charge in [-0.05, 0) is 31.2 Å². The lowest BCUT2D eigenvalue weighted by Gasteiger charge is -2.02. The first kappa shape index (κ1) is 9.67. The third kappa shape index (κ3) is 1.82. The van der Waals surface area contributed by atoms with Crippen LogP contribution in [0.5, 0.6) is 0 Å². The molecule has 0 N–H and O–H groups in total. The van der Waals surface area contributed by atoms with Gasteiger partial charge in [-0.2, -0.15) is 0 Å². The minimum absolute atomic E-state index is 0.0734. The lowest BCUT2D eigenvalue weighted by atomic mass is 10.1. The van der Waals surface area contributed by atoms with Gasteiger partial charge >= 0.3 is 0 Å². The summed E-state index contributed by atoms with van der Waals surface area (Å²) in [6.07, 6.45) is 0. The van der Waals surface area contributed by atoms with E-state index >= 15 is 0 Å². The van der Waals surface area contributed by atoms with Gasteiger partial charge in [0.05, 0.1) is 5.52 Å². The Morgan fingerprint density at radius 1 is 1.27 bits per heavy atom. The number of benzene rings is 1. The average molecular weight is 196 g/mol. The third-order valence-corrected chi connectivity index (χ3v) is 2.53. The second kappa shape index (κ2) is 3.70. The summed E-state index contributed by atoms with van der Waals surface area (Å²) in [5.74, 6) is 0. The molecule has 0 amide bonds. The molecule has 2 heteroatoms. The zero-order valence-corrected chi connectivity index (χ0v) is 8.86. The second-order valence-corrected chi connectivity index (χ2v) is 3.71. The maximum atomic E-state index is 7.00. The predicted octanol–water partition coefficient (Wildman–Crippen LogP) is 3.52.